The number of aromatic nitrogens is 2. The summed E-state index contributed by atoms with van der Waals surface area (Å²) in [6, 6.07) is 18.5. The highest BCUT2D eigenvalue weighted by molar-refractivity contribution is 7.17. The highest BCUT2D eigenvalue weighted by Gasteiger charge is 2.13. The minimum Gasteiger partial charge on any atom is -0.507 e. The van der Waals surface area contributed by atoms with Gasteiger partial charge in [0.25, 0.3) is 5.56 Å². The average molecular weight is 432 g/mol. The lowest BCUT2D eigenvalue weighted by Crippen LogP contribution is -2.16. The quantitative estimate of drug-likeness (QED) is 0.382. The first-order chi connectivity index (χ1) is 14.6. The minimum atomic E-state index is -0.276. The number of halogens is 1. The summed E-state index contributed by atoms with van der Waals surface area (Å²) in [4.78, 5) is 18.2. The van der Waals surface area contributed by atoms with Gasteiger partial charge in [-0.2, -0.15) is 9.78 Å². The molecule has 30 heavy (non-hydrogen) atoms. The van der Waals surface area contributed by atoms with E-state index in [-0.39, 0.29) is 11.3 Å². The average Bonchev–Trinajstić information content (AvgIpc) is 3.20. The third-order valence-electron chi connectivity index (χ3n) is 4.89. The van der Waals surface area contributed by atoms with Crippen LogP contribution < -0.4 is 5.56 Å². The molecule has 0 saturated carbocycles. The second kappa shape index (κ2) is 7.40. The predicted molar refractivity (Wildman–Crippen MR) is 123 cm³/mol. The Bertz CT molecular complexity index is 1490. The first-order valence-electron chi connectivity index (χ1n) is 9.12. The fourth-order valence-corrected chi connectivity index (χ4v) is 4.42. The summed E-state index contributed by atoms with van der Waals surface area (Å²) < 4.78 is 1.19. The molecule has 5 nitrogen and oxygen atoms in total. The lowest BCUT2D eigenvalue weighted by Gasteiger charge is -2.05. The van der Waals surface area contributed by atoms with Crippen LogP contribution in [-0.4, -0.2) is 21.0 Å². The molecule has 0 amide bonds. The van der Waals surface area contributed by atoms with E-state index in [9.17, 15) is 9.90 Å². The number of hydrogen-bond acceptors (Lipinski definition) is 5. The number of fused-ring (bicyclic) bond motifs is 2. The smallest absolute Gasteiger partial charge is 0.283 e. The topological polar surface area (TPSA) is 67.5 Å². The number of rotatable bonds is 3. The van der Waals surface area contributed by atoms with Gasteiger partial charge >= 0.3 is 0 Å². The monoisotopic (exact) mass is 431 g/mol. The van der Waals surface area contributed by atoms with E-state index in [1.54, 1.807) is 18.2 Å². The molecule has 0 fully saturated rings. The van der Waals surface area contributed by atoms with Crippen LogP contribution in [0.25, 0.3) is 32.1 Å². The molecule has 0 aliphatic carbocycles. The van der Waals surface area contributed by atoms with E-state index in [2.05, 4.69) is 10.1 Å². The fraction of sp³-hybridized carbons (Fsp3) is 0. The second-order valence-electron chi connectivity index (χ2n) is 6.69. The van der Waals surface area contributed by atoms with Crippen molar-refractivity contribution in [1.82, 2.24) is 9.66 Å². The van der Waals surface area contributed by atoms with Crippen LogP contribution in [0.3, 0.4) is 0 Å². The Morgan fingerprint density at radius 1 is 1.07 bits per heavy atom. The van der Waals surface area contributed by atoms with Gasteiger partial charge in [-0.05, 0) is 34.5 Å². The summed E-state index contributed by atoms with van der Waals surface area (Å²) in [5.74, 6) is 0.0944. The fourth-order valence-electron chi connectivity index (χ4n) is 3.39. The molecule has 3 aromatic carbocycles. The van der Waals surface area contributed by atoms with E-state index in [1.165, 1.54) is 28.6 Å². The Kier molecular flexibility index (Phi) is 4.58. The lowest BCUT2D eigenvalue weighted by molar-refractivity contribution is 0.475. The molecule has 0 saturated heterocycles. The molecule has 146 valence electrons. The van der Waals surface area contributed by atoms with E-state index in [0.29, 0.717) is 20.8 Å². The molecule has 1 N–H and O–H groups in total. The Morgan fingerprint density at radius 2 is 1.87 bits per heavy atom. The van der Waals surface area contributed by atoms with Crippen LogP contribution in [0.5, 0.6) is 5.75 Å². The van der Waals surface area contributed by atoms with Gasteiger partial charge in [-0.25, -0.2) is 4.98 Å². The second-order valence-corrected chi connectivity index (χ2v) is 7.99. The molecule has 0 aliphatic heterocycles. The predicted octanol–water partition coefficient (Wildman–Crippen LogP) is 5.52. The molecule has 5 aromatic rings. The Morgan fingerprint density at radius 3 is 2.70 bits per heavy atom. The van der Waals surface area contributed by atoms with Gasteiger partial charge in [0.2, 0.25) is 0 Å². The molecule has 0 radical (unpaired) electrons. The molecule has 0 aliphatic rings. The Hall–Kier alpha value is -3.48. The number of hydrogen-bond donors (Lipinski definition) is 1. The van der Waals surface area contributed by atoms with Gasteiger partial charge in [0.15, 0.2) is 0 Å². The summed E-state index contributed by atoms with van der Waals surface area (Å²) in [6.45, 7) is 0. The van der Waals surface area contributed by atoms with Gasteiger partial charge in [0.1, 0.15) is 16.9 Å². The SMILES string of the molecule is O=c1c2c(-c3ccc(Cl)cc3)csc2ncn1N=Cc1c(O)ccc2ccccc12. The first kappa shape index (κ1) is 18.5. The maximum absolute atomic E-state index is 13.1. The van der Waals surface area contributed by atoms with E-state index in [1.807, 2.05) is 47.8 Å². The number of phenols is 1. The summed E-state index contributed by atoms with van der Waals surface area (Å²) in [6.07, 6.45) is 2.88. The normalized spacial score (nSPS) is 11.6. The third-order valence-corrected chi connectivity index (χ3v) is 6.03. The van der Waals surface area contributed by atoms with Crippen LogP contribution in [0.2, 0.25) is 5.02 Å². The summed E-state index contributed by atoms with van der Waals surface area (Å²) in [7, 11) is 0. The van der Waals surface area contributed by atoms with Crippen molar-refractivity contribution in [2.45, 2.75) is 0 Å². The summed E-state index contributed by atoms with van der Waals surface area (Å²) >= 11 is 7.39. The largest absolute Gasteiger partial charge is 0.507 e. The van der Waals surface area contributed by atoms with Crippen molar-refractivity contribution in [3.8, 4) is 16.9 Å². The Balaban J connectivity index is 1.64. The van der Waals surface area contributed by atoms with Crippen molar-refractivity contribution >= 4 is 50.1 Å². The van der Waals surface area contributed by atoms with Crippen LogP contribution in [0.1, 0.15) is 5.56 Å². The van der Waals surface area contributed by atoms with Crippen molar-refractivity contribution < 1.29 is 5.11 Å². The van der Waals surface area contributed by atoms with Crippen LogP contribution in [0.4, 0.5) is 0 Å². The van der Waals surface area contributed by atoms with Crippen molar-refractivity contribution in [1.29, 1.82) is 0 Å². The van der Waals surface area contributed by atoms with Gasteiger partial charge in [0.05, 0.1) is 11.6 Å². The van der Waals surface area contributed by atoms with Crippen LogP contribution >= 0.6 is 22.9 Å². The van der Waals surface area contributed by atoms with Crippen molar-refractivity contribution in [3.05, 3.63) is 93.3 Å². The molecule has 0 unspecified atom stereocenters. The van der Waals surface area contributed by atoms with Gasteiger partial charge in [0, 0.05) is 21.5 Å². The van der Waals surface area contributed by atoms with Crippen molar-refractivity contribution in [2.24, 2.45) is 5.10 Å². The van der Waals surface area contributed by atoms with Gasteiger partial charge in [-0.1, -0.05) is 54.1 Å². The van der Waals surface area contributed by atoms with Gasteiger partial charge < -0.3 is 5.11 Å². The number of aromatic hydroxyl groups is 1. The van der Waals surface area contributed by atoms with E-state index in [0.717, 1.165) is 21.9 Å². The molecule has 2 heterocycles. The first-order valence-corrected chi connectivity index (χ1v) is 10.4. The lowest BCUT2D eigenvalue weighted by atomic mass is 10.0. The zero-order valence-electron chi connectivity index (χ0n) is 15.5. The molecule has 2 aromatic heterocycles. The van der Waals surface area contributed by atoms with E-state index < -0.39 is 0 Å². The van der Waals surface area contributed by atoms with E-state index >= 15 is 0 Å². The van der Waals surface area contributed by atoms with Crippen LogP contribution in [0.15, 0.2) is 82.3 Å². The van der Waals surface area contributed by atoms with Gasteiger partial charge in [-0.3, -0.25) is 4.79 Å². The van der Waals surface area contributed by atoms with E-state index in [4.69, 9.17) is 11.6 Å². The van der Waals surface area contributed by atoms with Gasteiger partial charge in [-0.15, -0.1) is 11.3 Å². The minimum absolute atomic E-state index is 0.0944. The maximum Gasteiger partial charge on any atom is 0.283 e. The molecule has 5 rings (SSSR count). The van der Waals surface area contributed by atoms with Crippen molar-refractivity contribution in [3.63, 3.8) is 0 Å². The maximum atomic E-state index is 13.1. The highest BCUT2D eigenvalue weighted by Crippen LogP contribution is 2.31. The molecular formula is C23H14ClN3O2S. The molecule has 7 heteroatoms. The third kappa shape index (κ3) is 3.16. The standard InChI is InChI=1S/C23H14ClN3O2S/c24-16-8-5-15(6-9-16)19-12-30-22-21(19)23(29)27(13-25-22)26-11-18-17-4-2-1-3-14(17)7-10-20(18)28/h1-13,28H. The highest BCUT2D eigenvalue weighted by atomic mass is 35.5. The van der Waals surface area contributed by atoms with Crippen LogP contribution in [0, 0.1) is 0 Å². The summed E-state index contributed by atoms with van der Waals surface area (Å²) in [5, 5.41) is 19.5. The molecule has 0 bridgehead atoms. The Labute approximate surface area is 180 Å². The zero-order valence-corrected chi connectivity index (χ0v) is 17.1. The molecular weight excluding hydrogens is 418 g/mol. The number of thiophene rings is 1. The molecule has 0 atom stereocenters. The summed E-state index contributed by atoms with van der Waals surface area (Å²) in [5.41, 5.74) is 1.95. The number of benzene rings is 3. The number of phenolic OH excluding ortho intramolecular Hbond substituents is 1. The number of nitrogens with zero attached hydrogens (tertiary/aromatic N) is 3. The van der Waals surface area contributed by atoms with Crippen LogP contribution in [-0.2, 0) is 0 Å². The van der Waals surface area contributed by atoms with Crippen molar-refractivity contribution in [2.75, 3.05) is 0 Å². The molecule has 0 spiro atoms. The zero-order chi connectivity index (χ0) is 20.7.